The number of phenolic OH excluding ortho intramolecular Hbond substituents is 2. The van der Waals surface area contributed by atoms with Gasteiger partial charge in [-0.1, -0.05) is 17.7 Å². The summed E-state index contributed by atoms with van der Waals surface area (Å²) in [5, 5.41) is 22.2. The molecule has 3 aromatic heterocycles. The van der Waals surface area contributed by atoms with E-state index in [0.29, 0.717) is 40.1 Å². The summed E-state index contributed by atoms with van der Waals surface area (Å²) in [6.45, 7) is 0.558. The highest BCUT2D eigenvalue weighted by molar-refractivity contribution is 7.16. The van der Waals surface area contributed by atoms with Crippen LogP contribution in [0.5, 0.6) is 11.5 Å². The normalized spacial score (nSPS) is 10.6. The third kappa shape index (κ3) is 4.01. The van der Waals surface area contributed by atoms with Crippen LogP contribution in [0.1, 0.15) is 16.3 Å². The van der Waals surface area contributed by atoms with Crippen molar-refractivity contribution >= 4 is 39.9 Å². The first-order valence-corrected chi connectivity index (χ1v) is 9.51. The van der Waals surface area contributed by atoms with E-state index in [2.05, 4.69) is 37.1 Å². The zero-order valence-electron chi connectivity index (χ0n) is 14.4. The van der Waals surface area contributed by atoms with Gasteiger partial charge in [-0.05, 0) is 48.1 Å². The van der Waals surface area contributed by atoms with Gasteiger partial charge < -0.3 is 20.5 Å². The SMILES string of the molecule is Oc1ccc(CCNc2nc(C#Cc3ccc(Cl)s3)nc3nc[nH]c23)cc1O. The number of rotatable bonds is 4. The zero-order chi connectivity index (χ0) is 19.5. The number of benzene rings is 1. The van der Waals surface area contributed by atoms with Crippen LogP contribution in [0.25, 0.3) is 11.2 Å². The number of halogens is 1. The molecule has 0 aliphatic carbocycles. The number of aromatic amines is 1. The summed E-state index contributed by atoms with van der Waals surface area (Å²) in [6.07, 6.45) is 2.18. The van der Waals surface area contributed by atoms with Crippen molar-refractivity contribution in [2.45, 2.75) is 6.42 Å². The molecular formula is C19H14ClN5O2S. The summed E-state index contributed by atoms with van der Waals surface area (Å²) in [6, 6.07) is 8.39. The highest BCUT2D eigenvalue weighted by atomic mass is 35.5. The first-order chi connectivity index (χ1) is 13.6. The van der Waals surface area contributed by atoms with Crippen LogP contribution in [0.15, 0.2) is 36.7 Å². The Labute approximate surface area is 169 Å². The van der Waals surface area contributed by atoms with E-state index in [9.17, 15) is 10.2 Å². The van der Waals surface area contributed by atoms with E-state index >= 15 is 0 Å². The molecule has 0 amide bonds. The third-order valence-corrected chi connectivity index (χ3v) is 5.05. The van der Waals surface area contributed by atoms with Crippen LogP contribution in [0.2, 0.25) is 4.34 Å². The molecule has 9 heteroatoms. The Kier molecular flexibility index (Phi) is 5.02. The third-order valence-electron chi connectivity index (χ3n) is 3.90. The number of H-pyrrole nitrogens is 1. The van der Waals surface area contributed by atoms with Crippen molar-refractivity contribution in [1.82, 2.24) is 19.9 Å². The molecule has 0 bridgehead atoms. The van der Waals surface area contributed by atoms with E-state index in [0.717, 1.165) is 10.4 Å². The summed E-state index contributed by atoms with van der Waals surface area (Å²) >= 11 is 7.31. The summed E-state index contributed by atoms with van der Waals surface area (Å²) in [4.78, 5) is 16.9. The van der Waals surface area contributed by atoms with E-state index in [-0.39, 0.29) is 11.5 Å². The average molecular weight is 412 g/mol. The van der Waals surface area contributed by atoms with Gasteiger partial charge >= 0.3 is 0 Å². The molecule has 3 heterocycles. The predicted molar refractivity (Wildman–Crippen MR) is 109 cm³/mol. The average Bonchev–Trinajstić information content (AvgIpc) is 3.31. The lowest BCUT2D eigenvalue weighted by Crippen LogP contribution is -2.08. The molecule has 1 aromatic carbocycles. The van der Waals surface area contributed by atoms with Crippen LogP contribution in [0.4, 0.5) is 5.82 Å². The Hall–Kier alpha value is -3.28. The first-order valence-electron chi connectivity index (χ1n) is 8.32. The number of thiophene rings is 1. The molecule has 0 aliphatic heterocycles. The molecule has 4 N–H and O–H groups in total. The fraction of sp³-hybridized carbons (Fsp3) is 0.105. The Balaban J connectivity index is 1.53. The van der Waals surface area contributed by atoms with Crippen LogP contribution in [0, 0.1) is 11.8 Å². The van der Waals surface area contributed by atoms with Crippen LogP contribution >= 0.6 is 22.9 Å². The lowest BCUT2D eigenvalue weighted by molar-refractivity contribution is 0.403. The first kappa shape index (κ1) is 18.1. The number of phenols is 2. The van der Waals surface area contributed by atoms with Crippen molar-refractivity contribution in [1.29, 1.82) is 0 Å². The van der Waals surface area contributed by atoms with Crippen LogP contribution in [0.3, 0.4) is 0 Å². The molecule has 0 spiro atoms. The molecule has 4 rings (SSSR count). The highest BCUT2D eigenvalue weighted by Crippen LogP contribution is 2.25. The second kappa shape index (κ2) is 7.76. The van der Waals surface area contributed by atoms with E-state index in [1.54, 1.807) is 18.5 Å². The summed E-state index contributed by atoms with van der Waals surface area (Å²) in [7, 11) is 0. The minimum Gasteiger partial charge on any atom is -0.504 e. The second-order valence-electron chi connectivity index (χ2n) is 5.85. The Morgan fingerprint density at radius 1 is 1.11 bits per heavy atom. The van der Waals surface area contributed by atoms with Crippen molar-refractivity contribution in [3.63, 3.8) is 0 Å². The van der Waals surface area contributed by atoms with Crippen molar-refractivity contribution in [2.24, 2.45) is 0 Å². The van der Waals surface area contributed by atoms with E-state index < -0.39 is 0 Å². The number of aromatic nitrogens is 4. The maximum atomic E-state index is 9.59. The minimum absolute atomic E-state index is 0.137. The van der Waals surface area contributed by atoms with Crippen molar-refractivity contribution < 1.29 is 10.2 Å². The number of nitrogens with zero attached hydrogens (tertiary/aromatic N) is 3. The van der Waals surface area contributed by atoms with E-state index in [1.807, 2.05) is 6.07 Å². The molecule has 0 atom stereocenters. The number of fused-ring (bicyclic) bond motifs is 1. The maximum Gasteiger partial charge on any atom is 0.209 e. The molecule has 4 aromatic rings. The standard InChI is InChI=1S/C19H14ClN5O2S/c20-15-5-2-12(28-15)3-6-16-24-18(17-19(25-16)23-10-22-17)21-8-7-11-1-4-13(26)14(27)9-11/h1-2,4-5,9-10,26-27H,7-8H2,(H2,21,22,23,24,25). The largest absolute Gasteiger partial charge is 0.504 e. The second-order valence-corrected chi connectivity index (χ2v) is 7.57. The molecule has 28 heavy (non-hydrogen) atoms. The Bertz CT molecular complexity index is 1210. The van der Waals surface area contributed by atoms with Gasteiger partial charge in [-0.2, -0.15) is 4.98 Å². The molecule has 0 aliphatic rings. The summed E-state index contributed by atoms with van der Waals surface area (Å²) in [5.41, 5.74) is 2.10. The number of hydrogen-bond acceptors (Lipinski definition) is 7. The molecule has 140 valence electrons. The van der Waals surface area contributed by atoms with Gasteiger partial charge in [0.1, 0.15) is 5.52 Å². The summed E-state index contributed by atoms with van der Waals surface area (Å²) < 4.78 is 0.676. The monoisotopic (exact) mass is 411 g/mol. The number of imidazole rings is 1. The van der Waals surface area contributed by atoms with Crippen molar-refractivity contribution in [3.8, 4) is 23.3 Å². The van der Waals surface area contributed by atoms with Gasteiger partial charge in [0.05, 0.1) is 15.5 Å². The lowest BCUT2D eigenvalue weighted by atomic mass is 10.1. The molecule has 7 nitrogen and oxygen atoms in total. The number of nitrogens with one attached hydrogen (secondary N) is 2. The van der Waals surface area contributed by atoms with Crippen LogP contribution in [-0.2, 0) is 6.42 Å². The number of anilines is 1. The quantitative estimate of drug-likeness (QED) is 0.302. The Morgan fingerprint density at radius 2 is 2.00 bits per heavy atom. The smallest absolute Gasteiger partial charge is 0.209 e. The molecule has 0 fully saturated rings. The van der Waals surface area contributed by atoms with Crippen molar-refractivity contribution in [3.05, 3.63) is 57.3 Å². The fourth-order valence-corrected chi connectivity index (χ4v) is 3.46. The van der Waals surface area contributed by atoms with Gasteiger partial charge in [0.15, 0.2) is 23.0 Å². The molecule has 0 saturated carbocycles. The van der Waals surface area contributed by atoms with Gasteiger partial charge in [-0.25, -0.2) is 9.97 Å². The van der Waals surface area contributed by atoms with Gasteiger partial charge in [0.2, 0.25) is 5.82 Å². The topological polar surface area (TPSA) is 107 Å². The number of aromatic hydroxyl groups is 2. The molecular weight excluding hydrogens is 398 g/mol. The Morgan fingerprint density at radius 3 is 2.79 bits per heavy atom. The van der Waals surface area contributed by atoms with Gasteiger partial charge in [0.25, 0.3) is 0 Å². The van der Waals surface area contributed by atoms with Gasteiger partial charge in [-0.15, -0.1) is 11.3 Å². The highest BCUT2D eigenvalue weighted by Gasteiger charge is 2.09. The van der Waals surface area contributed by atoms with E-state index in [4.69, 9.17) is 11.6 Å². The van der Waals surface area contributed by atoms with Crippen LogP contribution < -0.4 is 5.32 Å². The molecule has 0 unspecified atom stereocenters. The summed E-state index contributed by atoms with van der Waals surface area (Å²) in [5.74, 6) is 6.62. The maximum absolute atomic E-state index is 9.59. The van der Waals surface area contributed by atoms with Crippen molar-refractivity contribution in [2.75, 3.05) is 11.9 Å². The molecule has 0 radical (unpaired) electrons. The zero-order valence-corrected chi connectivity index (χ0v) is 16.0. The van der Waals surface area contributed by atoms with Gasteiger partial charge in [-0.3, -0.25) is 0 Å². The number of hydrogen-bond donors (Lipinski definition) is 4. The lowest BCUT2D eigenvalue weighted by Gasteiger charge is -2.07. The minimum atomic E-state index is -0.137. The molecule has 0 saturated heterocycles. The van der Waals surface area contributed by atoms with Gasteiger partial charge in [0, 0.05) is 6.54 Å². The van der Waals surface area contributed by atoms with Crippen LogP contribution in [-0.4, -0.2) is 36.7 Å². The predicted octanol–water partition coefficient (Wildman–Crippen LogP) is 3.53. The fourth-order valence-electron chi connectivity index (χ4n) is 2.57. The van der Waals surface area contributed by atoms with E-state index in [1.165, 1.54) is 23.5 Å².